The molecule has 0 bridgehead atoms. The summed E-state index contributed by atoms with van der Waals surface area (Å²) in [7, 11) is 0. The van der Waals surface area contributed by atoms with E-state index in [-0.39, 0.29) is 5.54 Å². The smallest absolute Gasteiger partial charge is 0.0415 e. The maximum Gasteiger partial charge on any atom is 0.0415 e. The molecule has 2 nitrogen and oxygen atoms in total. The van der Waals surface area contributed by atoms with Crippen molar-refractivity contribution >= 4 is 17.3 Å². The fourth-order valence-electron chi connectivity index (χ4n) is 2.35. The van der Waals surface area contributed by atoms with Crippen LogP contribution in [0, 0.1) is 0 Å². The van der Waals surface area contributed by atoms with Crippen LogP contribution in [0.15, 0.2) is 18.2 Å². The van der Waals surface area contributed by atoms with E-state index in [0.29, 0.717) is 0 Å². The molecule has 19 heavy (non-hydrogen) atoms. The summed E-state index contributed by atoms with van der Waals surface area (Å²) in [6, 6.07) is 7.01. The number of nitrogens with one attached hydrogen (secondary N) is 1. The normalized spacial score (nSPS) is 15.6. The average Bonchev–Trinajstić information content (AvgIpc) is 3.13. The average molecular weight is 281 g/mol. The molecular weight excluding hydrogens is 256 g/mol. The summed E-state index contributed by atoms with van der Waals surface area (Å²) in [6.45, 7) is 10.7. The minimum absolute atomic E-state index is 0.121. The third-order valence-corrected chi connectivity index (χ3v) is 3.72. The van der Waals surface area contributed by atoms with Crippen molar-refractivity contribution in [3.63, 3.8) is 0 Å². The van der Waals surface area contributed by atoms with E-state index < -0.39 is 0 Å². The van der Waals surface area contributed by atoms with Gasteiger partial charge in [-0.3, -0.25) is 0 Å². The van der Waals surface area contributed by atoms with E-state index in [1.165, 1.54) is 24.1 Å². The summed E-state index contributed by atoms with van der Waals surface area (Å²) in [5.41, 5.74) is 2.76. The Morgan fingerprint density at radius 2 is 2.00 bits per heavy atom. The van der Waals surface area contributed by atoms with Gasteiger partial charge in [-0.15, -0.1) is 0 Å². The molecule has 0 saturated heterocycles. The molecule has 3 heteroatoms. The number of rotatable bonds is 5. The van der Waals surface area contributed by atoms with Crippen LogP contribution in [-0.4, -0.2) is 18.1 Å². The van der Waals surface area contributed by atoms with Gasteiger partial charge in [-0.1, -0.05) is 11.6 Å². The molecule has 1 fully saturated rings. The second-order valence-electron chi connectivity index (χ2n) is 6.39. The summed E-state index contributed by atoms with van der Waals surface area (Å²) in [4.78, 5) is 2.51. The van der Waals surface area contributed by atoms with Crippen molar-refractivity contribution in [1.82, 2.24) is 5.32 Å². The molecule has 106 valence electrons. The van der Waals surface area contributed by atoms with Crippen molar-refractivity contribution in [2.75, 3.05) is 11.4 Å². The molecule has 0 spiro atoms. The topological polar surface area (TPSA) is 15.3 Å². The molecule has 0 atom stereocenters. The molecule has 0 aromatic heterocycles. The van der Waals surface area contributed by atoms with Gasteiger partial charge in [0.25, 0.3) is 0 Å². The second-order valence-corrected chi connectivity index (χ2v) is 6.83. The van der Waals surface area contributed by atoms with Crippen LogP contribution in [-0.2, 0) is 6.54 Å². The highest BCUT2D eigenvalue weighted by molar-refractivity contribution is 6.30. The van der Waals surface area contributed by atoms with Crippen molar-refractivity contribution in [3.05, 3.63) is 28.8 Å². The molecule has 2 rings (SSSR count). The van der Waals surface area contributed by atoms with E-state index in [0.717, 1.165) is 24.2 Å². The van der Waals surface area contributed by atoms with Gasteiger partial charge in [0.2, 0.25) is 0 Å². The van der Waals surface area contributed by atoms with Gasteiger partial charge in [-0.05, 0) is 64.3 Å². The Balaban J connectivity index is 2.21. The van der Waals surface area contributed by atoms with Crippen molar-refractivity contribution in [1.29, 1.82) is 0 Å². The zero-order valence-corrected chi connectivity index (χ0v) is 13.2. The number of anilines is 1. The van der Waals surface area contributed by atoms with Crippen LogP contribution in [0.3, 0.4) is 0 Å². The minimum Gasteiger partial charge on any atom is -0.369 e. The van der Waals surface area contributed by atoms with E-state index in [9.17, 15) is 0 Å². The monoisotopic (exact) mass is 280 g/mol. The van der Waals surface area contributed by atoms with Crippen molar-refractivity contribution < 1.29 is 0 Å². The molecular formula is C16H25ClN2. The highest BCUT2D eigenvalue weighted by Gasteiger charge is 2.29. The lowest BCUT2D eigenvalue weighted by Gasteiger charge is -2.28. The van der Waals surface area contributed by atoms with Gasteiger partial charge in [-0.25, -0.2) is 0 Å². The highest BCUT2D eigenvalue weighted by Crippen LogP contribution is 2.34. The fourth-order valence-corrected chi connectivity index (χ4v) is 2.54. The molecule has 0 aliphatic heterocycles. The van der Waals surface area contributed by atoms with Gasteiger partial charge < -0.3 is 10.2 Å². The molecule has 1 aromatic rings. The first-order valence-electron chi connectivity index (χ1n) is 7.21. The summed E-state index contributed by atoms with van der Waals surface area (Å²) in [5.74, 6) is 0. The molecule has 0 radical (unpaired) electrons. The molecule has 0 unspecified atom stereocenters. The zero-order valence-electron chi connectivity index (χ0n) is 12.5. The maximum atomic E-state index is 6.16. The summed E-state index contributed by atoms with van der Waals surface area (Å²) in [5, 5.41) is 4.38. The molecule has 0 amide bonds. The van der Waals surface area contributed by atoms with Crippen molar-refractivity contribution in [3.8, 4) is 0 Å². The molecule has 1 N–H and O–H groups in total. The van der Waals surface area contributed by atoms with Crippen molar-refractivity contribution in [2.24, 2.45) is 0 Å². The van der Waals surface area contributed by atoms with Crippen molar-refractivity contribution in [2.45, 2.75) is 58.7 Å². The van der Waals surface area contributed by atoms with E-state index >= 15 is 0 Å². The molecule has 1 saturated carbocycles. The van der Waals surface area contributed by atoms with Crippen LogP contribution in [0.25, 0.3) is 0 Å². The predicted molar refractivity (Wildman–Crippen MR) is 84.1 cm³/mol. The first-order chi connectivity index (χ1) is 8.90. The van der Waals surface area contributed by atoms with E-state index in [2.05, 4.69) is 50.0 Å². The number of hydrogen-bond donors (Lipinski definition) is 1. The Morgan fingerprint density at radius 3 is 2.53 bits per heavy atom. The third-order valence-electron chi connectivity index (χ3n) is 3.49. The Kier molecular flexibility index (Phi) is 4.42. The summed E-state index contributed by atoms with van der Waals surface area (Å²) in [6.07, 6.45) is 2.64. The van der Waals surface area contributed by atoms with Gasteiger partial charge in [0.1, 0.15) is 0 Å². The standard InChI is InChI=1S/C16H25ClN2/c1-5-19(14-7-8-14)15-9-6-13(17)10-12(15)11-18-16(2,3)4/h6,9-10,14,18H,5,7-8,11H2,1-4H3. The Hall–Kier alpha value is -0.730. The Labute approximate surface area is 122 Å². The first-order valence-corrected chi connectivity index (χ1v) is 7.58. The van der Waals surface area contributed by atoms with Gasteiger partial charge in [0, 0.05) is 35.4 Å². The van der Waals surface area contributed by atoms with Gasteiger partial charge >= 0.3 is 0 Å². The van der Waals surface area contributed by atoms with E-state index in [1.807, 2.05) is 6.07 Å². The molecule has 0 heterocycles. The highest BCUT2D eigenvalue weighted by atomic mass is 35.5. The van der Waals surface area contributed by atoms with Crippen LogP contribution in [0.5, 0.6) is 0 Å². The lowest BCUT2D eigenvalue weighted by Crippen LogP contribution is -2.36. The molecule has 1 aliphatic rings. The number of halogens is 1. The molecule has 1 aliphatic carbocycles. The SMILES string of the molecule is CCN(c1ccc(Cl)cc1CNC(C)(C)C)C1CC1. The van der Waals surface area contributed by atoms with Crippen LogP contribution in [0.1, 0.15) is 46.1 Å². The third kappa shape index (κ3) is 4.12. The summed E-state index contributed by atoms with van der Waals surface area (Å²) < 4.78 is 0. The van der Waals surface area contributed by atoms with E-state index in [4.69, 9.17) is 11.6 Å². The minimum atomic E-state index is 0.121. The summed E-state index contributed by atoms with van der Waals surface area (Å²) >= 11 is 6.16. The van der Waals surface area contributed by atoms with E-state index in [1.54, 1.807) is 0 Å². The lowest BCUT2D eigenvalue weighted by atomic mass is 10.1. The first kappa shape index (κ1) is 14.7. The van der Waals surface area contributed by atoms with Crippen LogP contribution in [0.2, 0.25) is 5.02 Å². The number of hydrogen-bond acceptors (Lipinski definition) is 2. The fraction of sp³-hybridized carbons (Fsp3) is 0.625. The van der Waals surface area contributed by atoms with Crippen LogP contribution < -0.4 is 10.2 Å². The lowest BCUT2D eigenvalue weighted by molar-refractivity contribution is 0.424. The Morgan fingerprint density at radius 1 is 1.32 bits per heavy atom. The van der Waals surface area contributed by atoms with Gasteiger partial charge in [0.05, 0.1) is 0 Å². The van der Waals surface area contributed by atoms with Crippen LogP contribution in [0.4, 0.5) is 5.69 Å². The quantitative estimate of drug-likeness (QED) is 0.869. The number of nitrogens with zero attached hydrogens (tertiary/aromatic N) is 1. The number of benzene rings is 1. The second kappa shape index (κ2) is 5.72. The predicted octanol–water partition coefficient (Wildman–Crippen LogP) is 4.22. The molecule has 1 aromatic carbocycles. The van der Waals surface area contributed by atoms with Gasteiger partial charge in [0.15, 0.2) is 0 Å². The maximum absolute atomic E-state index is 6.16. The Bertz CT molecular complexity index is 433. The van der Waals surface area contributed by atoms with Gasteiger partial charge in [-0.2, -0.15) is 0 Å². The largest absolute Gasteiger partial charge is 0.369 e. The van der Waals surface area contributed by atoms with Crippen LogP contribution >= 0.6 is 11.6 Å². The zero-order chi connectivity index (χ0) is 14.0.